The van der Waals surface area contributed by atoms with Crippen LogP contribution in [0.2, 0.25) is 0 Å². The third kappa shape index (κ3) is 4.24. The van der Waals surface area contributed by atoms with Crippen LogP contribution in [0.3, 0.4) is 0 Å². The number of nitrogens with zero attached hydrogens (tertiary/aromatic N) is 3. The lowest BCUT2D eigenvalue weighted by Gasteiger charge is -2.26. The van der Waals surface area contributed by atoms with Gasteiger partial charge in [0, 0.05) is 23.5 Å². The molecule has 0 unspecified atom stereocenters. The fraction of sp³-hybridized carbons (Fsp3) is 0.476. The van der Waals surface area contributed by atoms with Crippen molar-refractivity contribution in [3.63, 3.8) is 0 Å². The Morgan fingerprint density at radius 2 is 1.89 bits per heavy atom. The van der Waals surface area contributed by atoms with Crippen molar-refractivity contribution >= 4 is 17.7 Å². The van der Waals surface area contributed by atoms with E-state index in [2.05, 4.69) is 9.97 Å². The zero-order chi connectivity index (χ0) is 20.3. The smallest absolute Gasteiger partial charge is 0.233 e. The van der Waals surface area contributed by atoms with E-state index in [1.807, 2.05) is 43.9 Å². The Labute approximate surface area is 170 Å². The molecule has 3 rings (SSSR count). The molecule has 28 heavy (non-hydrogen) atoms. The van der Waals surface area contributed by atoms with Gasteiger partial charge in [0.2, 0.25) is 5.91 Å². The Morgan fingerprint density at radius 1 is 1.18 bits per heavy atom. The predicted molar refractivity (Wildman–Crippen MR) is 110 cm³/mol. The molecule has 2 heterocycles. The van der Waals surface area contributed by atoms with Gasteiger partial charge in [-0.2, -0.15) is 0 Å². The summed E-state index contributed by atoms with van der Waals surface area (Å²) >= 11 is 1.40. The molecule has 150 valence electrons. The van der Waals surface area contributed by atoms with Crippen LogP contribution in [0.5, 0.6) is 11.5 Å². The van der Waals surface area contributed by atoms with E-state index in [1.165, 1.54) is 11.8 Å². The lowest BCUT2D eigenvalue weighted by atomic mass is 10.0. The van der Waals surface area contributed by atoms with Gasteiger partial charge in [0.25, 0.3) is 0 Å². The summed E-state index contributed by atoms with van der Waals surface area (Å²) in [6, 6.07) is 5.74. The summed E-state index contributed by atoms with van der Waals surface area (Å²) in [5.41, 5.74) is 4.02. The summed E-state index contributed by atoms with van der Waals surface area (Å²) in [6.45, 7) is 6.71. The number of aryl methyl sites for hydroxylation is 2. The summed E-state index contributed by atoms with van der Waals surface area (Å²) in [5, 5.41) is 0.656. The highest BCUT2D eigenvalue weighted by Crippen LogP contribution is 2.39. The lowest BCUT2D eigenvalue weighted by molar-refractivity contribution is -0.129. The van der Waals surface area contributed by atoms with Gasteiger partial charge in [0.05, 0.1) is 26.0 Å². The van der Waals surface area contributed by atoms with Gasteiger partial charge in [0.1, 0.15) is 11.5 Å². The molecule has 1 aromatic carbocycles. The highest BCUT2D eigenvalue weighted by Gasteiger charge is 2.32. The average molecular weight is 402 g/mol. The van der Waals surface area contributed by atoms with Crippen LogP contribution in [0, 0.1) is 20.8 Å². The van der Waals surface area contributed by atoms with Crippen LogP contribution in [0.15, 0.2) is 23.4 Å². The van der Waals surface area contributed by atoms with Crippen LogP contribution < -0.4 is 9.47 Å². The first-order chi connectivity index (χ1) is 13.4. The predicted octanol–water partition coefficient (Wildman–Crippen LogP) is 3.87. The number of carbonyl (C=O) groups is 1. The molecule has 1 aliphatic heterocycles. The molecule has 1 aliphatic rings. The lowest BCUT2D eigenvalue weighted by Crippen LogP contribution is -2.32. The molecule has 1 saturated heterocycles. The summed E-state index contributed by atoms with van der Waals surface area (Å²) in [4.78, 5) is 23.9. The summed E-state index contributed by atoms with van der Waals surface area (Å²) in [5.74, 6) is 1.97. The number of methoxy groups -OCH3 is 2. The van der Waals surface area contributed by atoms with Gasteiger partial charge in [-0.25, -0.2) is 9.97 Å². The molecule has 0 aliphatic carbocycles. The number of ether oxygens (including phenoxy) is 2. The molecular formula is C21H27N3O3S. The fourth-order valence-corrected chi connectivity index (χ4v) is 4.32. The fourth-order valence-electron chi connectivity index (χ4n) is 3.50. The highest BCUT2D eigenvalue weighted by molar-refractivity contribution is 7.99. The Balaban J connectivity index is 1.75. The third-order valence-corrected chi connectivity index (χ3v) is 6.14. The number of benzene rings is 1. The van der Waals surface area contributed by atoms with E-state index < -0.39 is 0 Å². The van der Waals surface area contributed by atoms with Crippen molar-refractivity contribution in [1.82, 2.24) is 14.9 Å². The van der Waals surface area contributed by atoms with Crippen molar-refractivity contribution in [2.24, 2.45) is 0 Å². The van der Waals surface area contributed by atoms with Crippen molar-refractivity contribution in [2.75, 3.05) is 26.5 Å². The number of likely N-dealkylation sites (tertiary alicyclic amines) is 1. The van der Waals surface area contributed by atoms with Crippen molar-refractivity contribution in [1.29, 1.82) is 0 Å². The summed E-state index contributed by atoms with van der Waals surface area (Å²) < 4.78 is 10.9. The van der Waals surface area contributed by atoms with Crippen LogP contribution in [0.25, 0.3) is 0 Å². The van der Waals surface area contributed by atoms with Crippen LogP contribution in [-0.4, -0.2) is 47.3 Å². The average Bonchev–Trinajstić information content (AvgIpc) is 3.19. The number of aromatic nitrogens is 2. The molecule has 6 nitrogen and oxygen atoms in total. The maximum absolute atomic E-state index is 13.0. The minimum atomic E-state index is 0.000517. The molecule has 1 fully saturated rings. The maximum Gasteiger partial charge on any atom is 0.233 e. The van der Waals surface area contributed by atoms with Gasteiger partial charge in [-0.3, -0.25) is 4.79 Å². The highest BCUT2D eigenvalue weighted by atomic mass is 32.2. The number of hydrogen-bond acceptors (Lipinski definition) is 6. The molecule has 1 aromatic heterocycles. The molecule has 0 radical (unpaired) electrons. The van der Waals surface area contributed by atoms with Gasteiger partial charge < -0.3 is 14.4 Å². The zero-order valence-electron chi connectivity index (χ0n) is 17.1. The first-order valence-corrected chi connectivity index (χ1v) is 10.4. The Kier molecular flexibility index (Phi) is 6.44. The molecule has 0 spiro atoms. The molecule has 0 bridgehead atoms. The molecule has 7 heteroatoms. The van der Waals surface area contributed by atoms with Crippen LogP contribution >= 0.6 is 11.8 Å². The van der Waals surface area contributed by atoms with Gasteiger partial charge in [-0.15, -0.1) is 0 Å². The van der Waals surface area contributed by atoms with E-state index in [-0.39, 0.29) is 11.9 Å². The van der Waals surface area contributed by atoms with Gasteiger partial charge in [-0.05, 0) is 57.4 Å². The normalized spacial score (nSPS) is 16.3. The molecule has 0 N–H and O–H groups in total. The van der Waals surface area contributed by atoms with E-state index in [4.69, 9.17) is 9.47 Å². The van der Waals surface area contributed by atoms with Crippen molar-refractivity contribution in [3.05, 3.63) is 40.7 Å². The molecule has 2 aromatic rings. The van der Waals surface area contributed by atoms with Crippen molar-refractivity contribution in [2.45, 2.75) is 44.8 Å². The number of rotatable bonds is 6. The third-order valence-electron chi connectivity index (χ3n) is 5.31. The molecule has 1 amide bonds. The topological polar surface area (TPSA) is 64.6 Å². The van der Waals surface area contributed by atoms with Crippen molar-refractivity contribution in [3.8, 4) is 11.5 Å². The van der Waals surface area contributed by atoms with Crippen LogP contribution in [-0.2, 0) is 4.79 Å². The number of amides is 1. The van der Waals surface area contributed by atoms with Crippen LogP contribution in [0.1, 0.15) is 41.4 Å². The van der Waals surface area contributed by atoms with Crippen LogP contribution in [0.4, 0.5) is 0 Å². The zero-order valence-corrected chi connectivity index (χ0v) is 17.9. The standard InChI is InChI=1S/C21H27N3O3S/c1-13-14(2)22-21(23-15(13)3)28-12-20(25)24-10-6-7-18(24)17-11-16(26-4)8-9-19(17)27-5/h8-9,11,18H,6-7,10,12H2,1-5H3/t18-/m1/s1. The van der Waals surface area contributed by atoms with Gasteiger partial charge >= 0.3 is 0 Å². The molecule has 1 atom stereocenters. The minimum absolute atomic E-state index is 0.000517. The number of hydrogen-bond donors (Lipinski definition) is 0. The quantitative estimate of drug-likeness (QED) is 0.541. The number of carbonyl (C=O) groups excluding carboxylic acids is 1. The Hall–Kier alpha value is -2.28. The Morgan fingerprint density at radius 3 is 2.54 bits per heavy atom. The summed E-state index contributed by atoms with van der Waals surface area (Å²) in [7, 11) is 3.30. The largest absolute Gasteiger partial charge is 0.497 e. The molecular weight excluding hydrogens is 374 g/mol. The van der Waals surface area contributed by atoms with E-state index in [0.29, 0.717) is 10.9 Å². The second kappa shape index (κ2) is 8.82. The van der Waals surface area contributed by atoms with E-state index in [0.717, 1.165) is 53.4 Å². The summed E-state index contributed by atoms with van der Waals surface area (Å²) in [6.07, 6.45) is 1.89. The first-order valence-electron chi connectivity index (χ1n) is 9.40. The first kappa shape index (κ1) is 20.5. The van der Waals surface area contributed by atoms with E-state index >= 15 is 0 Å². The van der Waals surface area contributed by atoms with E-state index in [9.17, 15) is 4.79 Å². The number of thioether (sulfide) groups is 1. The van der Waals surface area contributed by atoms with Crippen molar-refractivity contribution < 1.29 is 14.3 Å². The minimum Gasteiger partial charge on any atom is -0.497 e. The second-order valence-corrected chi connectivity index (χ2v) is 7.89. The van der Waals surface area contributed by atoms with Gasteiger partial charge in [0.15, 0.2) is 5.16 Å². The maximum atomic E-state index is 13.0. The molecule has 0 saturated carbocycles. The second-order valence-electron chi connectivity index (χ2n) is 6.94. The Bertz CT molecular complexity index is 849. The SMILES string of the molecule is COc1ccc(OC)c([C@H]2CCCN2C(=O)CSc2nc(C)c(C)c(C)n2)c1. The van der Waals surface area contributed by atoms with E-state index in [1.54, 1.807) is 14.2 Å². The van der Waals surface area contributed by atoms with Gasteiger partial charge in [-0.1, -0.05) is 11.8 Å². The monoisotopic (exact) mass is 401 g/mol.